The Morgan fingerprint density at radius 1 is 0.745 bits per heavy atom. The Labute approximate surface area is 280 Å². The second-order valence-corrected chi connectivity index (χ2v) is 16.1. The molecule has 0 spiro atoms. The van der Waals surface area contributed by atoms with E-state index in [4.69, 9.17) is 18.4 Å². The molecular weight excluding hydrogens is 624 g/mol. The zero-order chi connectivity index (χ0) is 35.6. The van der Waals surface area contributed by atoms with Gasteiger partial charge in [-0.25, -0.2) is 9.59 Å². The zero-order valence-corrected chi connectivity index (χ0v) is 30.2. The van der Waals surface area contributed by atoms with Gasteiger partial charge in [-0.3, -0.25) is 8.98 Å². The van der Waals surface area contributed by atoms with E-state index >= 15 is 0 Å². The highest BCUT2D eigenvalue weighted by Crippen LogP contribution is 2.23. The Morgan fingerprint density at radius 3 is 1.81 bits per heavy atom. The molecule has 2 atom stereocenters. The third-order valence-corrected chi connectivity index (χ3v) is 7.60. The van der Waals surface area contributed by atoms with Gasteiger partial charge < -0.3 is 24.8 Å². The van der Waals surface area contributed by atoms with E-state index < -0.39 is 56.9 Å². The minimum absolute atomic E-state index is 0.0228. The van der Waals surface area contributed by atoms with Gasteiger partial charge in [0.15, 0.2) is 0 Å². The lowest BCUT2D eigenvalue weighted by molar-refractivity contribution is -0.162. The van der Waals surface area contributed by atoms with Gasteiger partial charge in [0, 0.05) is 12.2 Å². The van der Waals surface area contributed by atoms with Gasteiger partial charge in [0.05, 0.1) is 17.4 Å². The van der Waals surface area contributed by atoms with Gasteiger partial charge >= 0.3 is 18.0 Å². The second-order valence-electron chi connectivity index (χ2n) is 14.5. The molecule has 0 aliphatic heterocycles. The lowest BCUT2D eigenvalue weighted by Crippen LogP contribution is -2.48. The summed E-state index contributed by atoms with van der Waals surface area (Å²) in [5, 5.41) is 5.82. The van der Waals surface area contributed by atoms with Crippen LogP contribution in [0, 0.1) is 12.8 Å². The molecule has 12 heteroatoms. The van der Waals surface area contributed by atoms with Crippen LogP contribution >= 0.6 is 0 Å². The minimum atomic E-state index is -3.82. The summed E-state index contributed by atoms with van der Waals surface area (Å²) >= 11 is 0. The standard InChI is InChI=1S/C35H52N2O9S/c1-24-12-18-28(19-13-24)47(41,42)43-21-11-20-36-27-16-14-25(15-17-27)22-26(30(38)44-33(2,3)4)23-29(31(39)45-34(5,6)7)37-32(40)46-35(8,9)10/h12-19,26,29,36H,11,20-23H2,1-10H3,(H,37,40). The van der Waals surface area contributed by atoms with E-state index in [1.807, 2.05) is 31.2 Å². The number of ether oxygens (including phenoxy) is 3. The largest absolute Gasteiger partial charge is 0.460 e. The van der Waals surface area contributed by atoms with Gasteiger partial charge in [0.25, 0.3) is 10.1 Å². The highest BCUT2D eigenvalue weighted by Gasteiger charge is 2.35. The van der Waals surface area contributed by atoms with Crippen LogP contribution in [0.2, 0.25) is 0 Å². The lowest BCUT2D eigenvalue weighted by atomic mass is 9.92. The van der Waals surface area contributed by atoms with E-state index in [-0.39, 0.29) is 24.3 Å². The molecule has 0 saturated heterocycles. The molecule has 262 valence electrons. The Kier molecular flexibility index (Phi) is 13.8. The number of amides is 1. The van der Waals surface area contributed by atoms with Crippen LogP contribution in [-0.4, -0.2) is 62.4 Å². The van der Waals surface area contributed by atoms with Crippen molar-refractivity contribution in [2.24, 2.45) is 5.92 Å². The van der Waals surface area contributed by atoms with Crippen LogP contribution in [-0.2, 0) is 44.5 Å². The number of nitrogens with one attached hydrogen (secondary N) is 2. The Bertz CT molecular complexity index is 1430. The first-order valence-electron chi connectivity index (χ1n) is 15.8. The summed E-state index contributed by atoms with van der Waals surface area (Å²) in [7, 11) is -3.82. The fraction of sp³-hybridized carbons (Fsp3) is 0.571. The quantitative estimate of drug-likeness (QED) is 0.101. The number of anilines is 1. The monoisotopic (exact) mass is 676 g/mol. The summed E-state index contributed by atoms with van der Waals surface area (Å²) in [6.45, 7) is 17.9. The van der Waals surface area contributed by atoms with E-state index in [2.05, 4.69) is 10.6 Å². The molecular formula is C35H52N2O9S. The highest BCUT2D eigenvalue weighted by atomic mass is 32.2. The molecule has 0 aliphatic rings. The number of rotatable bonds is 14. The molecule has 2 unspecified atom stereocenters. The van der Waals surface area contributed by atoms with Crippen molar-refractivity contribution in [1.82, 2.24) is 5.32 Å². The summed E-state index contributed by atoms with van der Waals surface area (Å²) in [5.74, 6) is -2.00. The smallest absolute Gasteiger partial charge is 0.408 e. The third kappa shape index (κ3) is 15.7. The second kappa shape index (κ2) is 16.5. The molecule has 0 aliphatic carbocycles. The fourth-order valence-electron chi connectivity index (χ4n) is 4.26. The summed E-state index contributed by atoms with van der Waals surface area (Å²) in [6.07, 6.45) is -0.196. The molecule has 0 aromatic heterocycles. The Balaban J connectivity index is 2.10. The summed E-state index contributed by atoms with van der Waals surface area (Å²) in [6, 6.07) is 12.7. The van der Waals surface area contributed by atoms with Crippen molar-refractivity contribution in [3.05, 3.63) is 59.7 Å². The van der Waals surface area contributed by atoms with E-state index in [9.17, 15) is 22.8 Å². The van der Waals surface area contributed by atoms with Crippen LogP contribution in [0.15, 0.2) is 53.4 Å². The van der Waals surface area contributed by atoms with Crippen LogP contribution < -0.4 is 10.6 Å². The van der Waals surface area contributed by atoms with Crippen molar-refractivity contribution in [2.45, 2.75) is 116 Å². The van der Waals surface area contributed by atoms with Crippen molar-refractivity contribution in [3.63, 3.8) is 0 Å². The van der Waals surface area contributed by atoms with E-state index in [0.29, 0.717) is 13.0 Å². The minimum Gasteiger partial charge on any atom is -0.460 e. The predicted octanol–water partition coefficient (Wildman–Crippen LogP) is 6.33. The molecule has 2 aromatic rings. The maximum Gasteiger partial charge on any atom is 0.408 e. The molecule has 0 fully saturated rings. The van der Waals surface area contributed by atoms with Crippen molar-refractivity contribution in [2.75, 3.05) is 18.5 Å². The summed E-state index contributed by atoms with van der Waals surface area (Å²) < 4.78 is 46.5. The average molecular weight is 677 g/mol. The third-order valence-electron chi connectivity index (χ3n) is 6.28. The van der Waals surface area contributed by atoms with Crippen molar-refractivity contribution >= 4 is 33.8 Å². The number of aryl methyl sites for hydroxylation is 1. The number of alkyl carbamates (subject to hydrolysis) is 1. The van der Waals surface area contributed by atoms with Crippen molar-refractivity contribution in [1.29, 1.82) is 0 Å². The van der Waals surface area contributed by atoms with Crippen LogP contribution in [0.1, 0.15) is 86.3 Å². The molecule has 47 heavy (non-hydrogen) atoms. The van der Waals surface area contributed by atoms with Gasteiger partial charge in [-0.1, -0.05) is 29.8 Å². The SMILES string of the molecule is Cc1ccc(S(=O)(=O)OCCCNc2ccc(CC(CC(NC(=O)OC(C)(C)C)C(=O)OC(C)(C)C)C(=O)OC(C)(C)C)cc2)cc1. The van der Waals surface area contributed by atoms with Crippen LogP contribution in [0.4, 0.5) is 10.5 Å². The maximum atomic E-state index is 13.4. The highest BCUT2D eigenvalue weighted by molar-refractivity contribution is 7.86. The van der Waals surface area contributed by atoms with Gasteiger partial charge in [0.1, 0.15) is 22.8 Å². The normalized spacial score (nSPS) is 13.7. The number of carbonyl (C=O) groups excluding carboxylic acids is 3. The molecule has 2 rings (SSSR count). The summed E-state index contributed by atoms with van der Waals surface area (Å²) in [4.78, 5) is 39.4. The molecule has 2 N–H and O–H groups in total. The number of hydrogen-bond donors (Lipinski definition) is 2. The van der Waals surface area contributed by atoms with E-state index in [1.165, 1.54) is 12.1 Å². The van der Waals surface area contributed by atoms with E-state index in [1.54, 1.807) is 74.4 Å². The first-order valence-corrected chi connectivity index (χ1v) is 17.2. The molecule has 0 saturated carbocycles. The first-order chi connectivity index (χ1) is 21.5. The number of hydrogen-bond acceptors (Lipinski definition) is 10. The number of esters is 2. The lowest BCUT2D eigenvalue weighted by Gasteiger charge is -2.29. The van der Waals surface area contributed by atoms with Crippen LogP contribution in [0.5, 0.6) is 0 Å². The Morgan fingerprint density at radius 2 is 1.28 bits per heavy atom. The first kappa shape index (κ1) is 39.5. The maximum absolute atomic E-state index is 13.4. The predicted molar refractivity (Wildman–Crippen MR) is 181 cm³/mol. The van der Waals surface area contributed by atoms with Crippen LogP contribution in [0.3, 0.4) is 0 Å². The molecule has 2 aromatic carbocycles. The Hall–Kier alpha value is -3.64. The fourth-order valence-corrected chi connectivity index (χ4v) is 5.20. The van der Waals surface area contributed by atoms with Gasteiger partial charge in [0.2, 0.25) is 0 Å². The van der Waals surface area contributed by atoms with Gasteiger partial charge in [-0.05, 0) is 118 Å². The van der Waals surface area contributed by atoms with Gasteiger partial charge in [-0.15, -0.1) is 0 Å². The molecule has 0 bridgehead atoms. The average Bonchev–Trinajstić information content (AvgIpc) is 2.90. The zero-order valence-electron chi connectivity index (χ0n) is 29.4. The topological polar surface area (TPSA) is 146 Å². The molecule has 0 radical (unpaired) electrons. The molecule has 1 amide bonds. The molecule has 0 heterocycles. The van der Waals surface area contributed by atoms with Crippen LogP contribution in [0.25, 0.3) is 0 Å². The van der Waals surface area contributed by atoms with Gasteiger partial charge in [-0.2, -0.15) is 8.42 Å². The van der Waals surface area contributed by atoms with E-state index in [0.717, 1.165) is 16.8 Å². The summed E-state index contributed by atoms with van der Waals surface area (Å²) in [5.41, 5.74) is 0.166. The van der Waals surface area contributed by atoms with Crippen molar-refractivity contribution < 1.29 is 41.2 Å². The number of carbonyl (C=O) groups is 3. The van der Waals surface area contributed by atoms with Crippen molar-refractivity contribution in [3.8, 4) is 0 Å². The molecule has 11 nitrogen and oxygen atoms in total. The number of benzene rings is 2.